The van der Waals surface area contributed by atoms with Gasteiger partial charge in [-0.25, -0.2) is 4.79 Å². The van der Waals surface area contributed by atoms with E-state index in [0.717, 1.165) is 32.4 Å². The number of carbonyl (C=O) groups is 2. The number of ether oxygens (including phenoxy) is 1. The first kappa shape index (κ1) is 29.2. The van der Waals surface area contributed by atoms with E-state index in [1.54, 1.807) is 11.8 Å². The maximum absolute atomic E-state index is 13.0. The number of nitrogens with one attached hydrogen (secondary N) is 2. The van der Waals surface area contributed by atoms with E-state index in [4.69, 9.17) is 16.3 Å². The van der Waals surface area contributed by atoms with Crippen molar-refractivity contribution in [1.82, 2.24) is 20.4 Å². The number of amidine groups is 1. The summed E-state index contributed by atoms with van der Waals surface area (Å²) in [5.41, 5.74) is -0.427. The van der Waals surface area contributed by atoms with Gasteiger partial charge in [0.05, 0.1) is 22.9 Å². The van der Waals surface area contributed by atoms with Crippen LogP contribution >= 0.6 is 35.1 Å². The number of hydrogen-bond donors (Lipinski definition) is 3. The molecule has 1 unspecified atom stereocenters. The Morgan fingerprint density at radius 1 is 1.22 bits per heavy atom. The normalized spacial score (nSPS) is 33.9. The summed E-state index contributed by atoms with van der Waals surface area (Å²) < 4.78 is 5.67. The second-order valence-electron chi connectivity index (χ2n) is 11.1. The van der Waals surface area contributed by atoms with Gasteiger partial charge in [0.25, 0.3) is 0 Å². The number of thioether (sulfide) groups is 2. The summed E-state index contributed by atoms with van der Waals surface area (Å²) >= 11 is 9.99. The summed E-state index contributed by atoms with van der Waals surface area (Å²) in [5, 5.41) is 16.8. The highest BCUT2D eigenvalue weighted by Gasteiger charge is 2.38. The van der Waals surface area contributed by atoms with Crippen LogP contribution in [0.25, 0.3) is 0 Å². The third-order valence-corrected chi connectivity index (χ3v) is 10.2. The number of aliphatic hydroxyl groups is 1. The Labute approximate surface area is 233 Å². The van der Waals surface area contributed by atoms with E-state index in [1.165, 1.54) is 0 Å². The van der Waals surface area contributed by atoms with Gasteiger partial charge in [0.15, 0.2) is 5.17 Å². The molecule has 3 N–H and O–H groups in total. The molecule has 0 aromatic carbocycles. The summed E-state index contributed by atoms with van der Waals surface area (Å²) in [5.74, 6) is -0.888. The van der Waals surface area contributed by atoms with Crippen molar-refractivity contribution < 1.29 is 19.4 Å². The van der Waals surface area contributed by atoms with E-state index in [9.17, 15) is 14.7 Å². The molecule has 12 heteroatoms. The van der Waals surface area contributed by atoms with Gasteiger partial charge in [-0.15, -0.1) is 11.6 Å². The molecule has 0 bridgehead atoms. The lowest BCUT2D eigenvalue weighted by molar-refractivity contribution is -0.244. The smallest absolute Gasteiger partial charge is 0.327 e. The van der Waals surface area contributed by atoms with Crippen LogP contribution in [0.3, 0.4) is 0 Å². The highest BCUT2D eigenvalue weighted by molar-refractivity contribution is 8.14. The van der Waals surface area contributed by atoms with Crippen molar-refractivity contribution in [2.24, 2.45) is 10.9 Å². The number of alkyl halides is 1. The third kappa shape index (κ3) is 7.86. The number of fused-ring (bicyclic) bond motifs is 1. The summed E-state index contributed by atoms with van der Waals surface area (Å²) in [6, 6.07) is -0.260. The molecule has 0 aromatic heterocycles. The van der Waals surface area contributed by atoms with Crippen molar-refractivity contribution >= 4 is 52.2 Å². The fourth-order valence-corrected chi connectivity index (χ4v) is 7.84. The van der Waals surface area contributed by atoms with Crippen molar-refractivity contribution in [3.8, 4) is 0 Å². The van der Waals surface area contributed by atoms with Crippen LogP contribution in [-0.2, 0) is 9.53 Å². The lowest BCUT2D eigenvalue weighted by Gasteiger charge is -2.42. The number of rotatable bonds is 5. The largest absolute Gasteiger partial charge is 0.356 e. The number of piperazine rings is 1. The molecule has 9 nitrogen and oxygen atoms in total. The third-order valence-electron chi connectivity index (χ3n) is 7.37. The lowest BCUT2D eigenvalue weighted by Crippen LogP contribution is -2.56. The van der Waals surface area contributed by atoms with Gasteiger partial charge >= 0.3 is 6.03 Å². The monoisotopic (exact) mass is 573 g/mol. The second-order valence-corrected chi connectivity index (χ2v) is 14.0. The molecular formula is C25H40ClN5O4S2. The van der Waals surface area contributed by atoms with E-state index in [0.29, 0.717) is 35.2 Å². The summed E-state index contributed by atoms with van der Waals surface area (Å²) in [4.78, 5) is 34.5. The number of urea groups is 1. The standard InChI is InChI=1S/C25H40ClN5O4S2/c1-25(2,3)35-24(34)31-11-9-30(10-12-31)15-5-7-18(26)17(13-15)21(32)28-22(33)29-23-27-19-8-6-16(36-4)14-20(19)37-23/h5,7,15-20,24,34H,6,8-14H2,1-4H3,(H2,27,28,29,32,33)/t15-,16+,17-,18+,19-,20?,24+/m0/s1. The van der Waals surface area contributed by atoms with E-state index < -0.39 is 29.3 Å². The first-order chi connectivity index (χ1) is 17.5. The van der Waals surface area contributed by atoms with Gasteiger partial charge in [0, 0.05) is 42.7 Å². The molecule has 208 valence electrons. The zero-order valence-electron chi connectivity index (χ0n) is 22.1. The van der Waals surface area contributed by atoms with Gasteiger partial charge in [-0.1, -0.05) is 23.9 Å². The molecule has 2 aliphatic carbocycles. The van der Waals surface area contributed by atoms with Gasteiger partial charge in [-0.2, -0.15) is 11.8 Å². The van der Waals surface area contributed by atoms with E-state index in [1.807, 2.05) is 49.6 Å². The van der Waals surface area contributed by atoms with Crippen LogP contribution in [0.4, 0.5) is 4.79 Å². The van der Waals surface area contributed by atoms with Crippen molar-refractivity contribution in [3.05, 3.63) is 12.2 Å². The molecular weight excluding hydrogens is 534 g/mol. The van der Waals surface area contributed by atoms with Crippen molar-refractivity contribution in [1.29, 1.82) is 0 Å². The number of nitrogens with zero attached hydrogens (tertiary/aromatic N) is 3. The second kappa shape index (κ2) is 12.6. The molecule has 7 atom stereocenters. The van der Waals surface area contributed by atoms with Gasteiger partial charge in [-0.05, 0) is 52.7 Å². The number of carbonyl (C=O) groups excluding carboxylic acids is 2. The summed E-state index contributed by atoms with van der Waals surface area (Å²) in [6.45, 7) is 8.53. The Morgan fingerprint density at radius 3 is 2.62 bits per heavy atom. The Balaban J connectivity index is 1.24. The molecule has 37 heavy (non-hydrogen) atoms. The molecule has 2 aliphatic heterocycles. The first-order valence-electron chi connectivity index (χ1n) is 13.1. The van der Waals surface area contributed by atoms with E-state index in [2.05, 4.69) is 26.8 Å². The van der Waals surface area contributed by atoms with E-state index in [-0.39, 0.29) is 18.0 Å². The minimum atomic E-state index is -0.938. The van der Waals surface area contributed by atoms with Crippen molar-refractivity contribution in [2.45, 2.75) is 86.4 Å². The Kier molecular flexibility index (Phi) is 9.91. The number of hydrogen-bond acceptors (Lipinski definition) is 9. The number of amides is 3. The Morgan fingerprint density at radius 2 is 1.95 bits per heavy atom. The number of aliphatic imine (C=N–C) groups is 1. The molecule has 3 amide bonds. The number of halogens is 1. The van der Waals surface area contributed by atoms with Gasteiger partial charge in [-0.3, -0.25) is 30.2 Å². The molecule has 1 saturated carbocycles. The molecule has 1 saturated heterocycles. The maximum atomic E-state index is 13.0. The quantitative estimate of drug-likeness (QED) is 0.262. The first-order valence-corrected chi connectivity index (χ1v) is 15.7. The number of aliphatic hydroxyl groups excluding tert-OH is 1. The Hall–Kier alpha value is -0.820. The average Bonchev–Trinajstić information content (AvgIpc) is 3.24. The fraction of sp³-hybridized carbons (Fsp3) is 0.800. The average molecular weight is 574 g/mol. The molecule has 0 radical (unpaired) electrons. The van der Waals surface area contributed by atoms with Crippen molar-refractivity contribution in [2.75, 3.05) is 32.4 Å². The van der Waals surface area contributed by atoms with Crippen LogP contribution < -0.4 is 10.6 Å². The molecule has 4 rings (SSSR count). The minimum absolute atomic E-state index is 0.0407. The van der Waals surface area contributed by atoms with Crippen molar-refractivity contribution in [3.63, 3.8) is 0 Å². The highest BCUT2D eigenvalue weighted by atomic mass is 35.5. The van der Waals surface area contributed by atoms with Crippen LogP contribution in [0.2, 0.25) is 0 Å². The van der Waals surface area contributed by atoms with Crippen LogP contribution in [0.5, 0.6) is 0 Å². The number of imide groups is 1. The lowest BCUT2D eigenvalue weighted by atomic mass is 9.88. The number of allylic oxidation sites excluding steroid dienone is 1. The molecule has 0 spiro atoms. The molecule has 2 fully saturated rings. The summed E-state index contributed by atoms with van der Waals surface area (Å²) in [7, 11) is 0. The molecule has 2 heterocycles. The van der Waals surface area contributed by atoms with Gasteiger partial charge in [0.2, 0.25) is 12.3 Å². The zero-order valence-corrected chi connectivity index (χ0v) is 24.4. The minimum Gasteiger partial charge on any atom is -0.356 e. The predicted octanol–water partition coefficient (Wildman–Crippen LogP) is 2.83. The van der Waals surface area contributed by atoms with E-state index >= 15 is 0 Å². The molecule has 0 aromatic rings. The maximum Gasteiger partial charge on any atom is 0.327 e. The predicted molar refractivity (Wildman–Crippen MR) is 151 cm³/mol. The Bertz CT molecular complexity index is 893. The van der Waals surface area contributed by atoms with Crippen LogP contribution in [0, 0.1) is 5.92 Å². The van der Waals surface area contributed by atoms with Gasteiger partial charge in [0.1, 0.15) is 0 Å². The van der Waals surface area contributed by atoms with Crippen LogP contribution in [0.1, 0.15) is 46.5 Å². The molecule has 4 aliphatic rings. The summed E-state index contributed by atoms with van der Waals surface area (Å²) in [6.07, 6.45) is 8.91. The topological polar surface area (TPSA) is 106 Å². The SMILES string of the molecule is CS[C@@H]1CC[C@@H]2N=C(NC(=O)NC(=O)[C@H]3C[C@@H](N4CCN([C@H](O)OC(C)(C)C)CC4)C=C[C@H]3Cl)SC2C1. The van der Waals surface area contributed by atoms with Gasteiger partial charge < -0.3 is 9.84 Å². The highest BCUT2D eigenvalue weighted by Crippen LogP contribution is 2.39. The fourth-order valence-electron chi connectivity index (χ4n) is 5.32. The van der Waals surface area contributed by atoms with Crippen LogP contribution in [0.15, 0.2) is 17.1 Å². The zero-order chi connectivity index (χ0) is 26.7. The van der Waals surface area contributed by atoms with Crippen LogP contribution in [-0.4, -0.2) is 104 Å².